The summed E-state index contributed by atoms with van der Waals surface area (Å²) in [5.74, 6) is 5.66. The van der Waals surface area contributed by atoms with Crippen LogP contribution in [0.4, 0.5) is 31.1 Å². The number of hydrogen-bond acceptors (Lipinski definition) is 6. The Balaban J connectivity index is 1.18. The average molecular weight is 768 g/mol. The fourth-order valence-electron chi connectivity index (χ4n) is 7.23. The van der Waals surface area contributed by atoms with Crippen LogP contribution in [0.15, 0.2) is 48.5 Å². The van der Waals surface area contributed by atoms with Crippen LogP contribution in [0.2, 0.25) is 0 Å². The first kappa shape index (κ1) is 40.3. The van der Waals surface area contributed by atoms with Crippen molar-refractivity contribution < 1.29 is 50.6 Å². The van der Waals surface area contributed by atoms with Gasteiger partial charge in [0, 0.05) is 42.9 Å². The minimum absolute atomic E-state index is 0.120. The van der Waals surface area contributed by atoms with Gasteiger partial charge in [-0.2, -0.15) is 38.1 Å². The van der Waals surface area contributed by atoms with Crippen LogP contribution >= 0.6 is 11.8 Å². The van der Waals surface area contributed by atoms with Gasteiger partial charge in [-0.1, -0.05) is 36.6 Å². The van der Waals surface area contributed by atoms with E-state index >= 15 is 0 Å². The molecule has 2 amide bonds. The van der Waals surface area contributed by atoms with E-state index in [2.05, 4.69) is 22.5 Å². The Morgan fingerprint density at radius 3 is 2.28 bits per heavy atom. The van der Waals surface area contributed by atoms with Crippen molar-refractivity contribution in [2.45, 2.75) is 106 Å². The number of benzene rings is 2. The third-order valence-electron chi connectivity index (χ3n) is 9.98. The molecular weight excluding hydrogens is 724 g/mol. The maximum Gasteiger partial charge on any atom is 0.416 e. The second-order valence-electron chi connectivity index (χ2n) is 13.8. The zero-order chi connectivity index (χ0) is 38.2. The standard InChI is InChI=1S/C38H43F6N3O5S/c39-37(40,41)27-14-10-25(11-15-27)30(47-19-18-24(22-33(48)49)21-31(47)26-12-16-28(17-13-26)38(42,43)44)7-3-1-2-6-20-52-34(50)9-5-4-8-32-35-29(23-53-32)45-36(51)46-35/h10-17,24,29-32,35H,1-2,4-6,8-9,18-23H2,(H,48,49)(H2,45,46,51)/t24?,29-,30?,31?,32-,35-/m0/s1. The third-order valence-corrected chi connectivity index (χ3v) is 11.5. The van der Waals surface area contributed by atoms with E-state index in [1.165, 1.54) is 24.3 Å². The van der Waals surface area contributed by atoms with Crippen molar-refractivity contribution in [3.8, 4) is 11.8 Å². The molecule has 3 N–H and O–H groups in total. The molecule has 15 heteroatoms. The average Bonchev–Trinajstić information content (AvgIpc) is 3.66. The minimum Gasteiger partial charge on any atom is -0.481 e. The van der Waals surface area contributed by atoms with Crippen molar-refractivity contribution in [3.63, 3.8) is 0 Å². The summed E-state index contributed by atoms with van der Waals surface area (Å²) in [6, 6.07) is 8.21. The summed E-state index contributed by atoms with van der Waals surface area (Å²) in [4.78, 5) is 37.3. The maximum atomic E-state index is 13.4. The Morgan fingerprint density at radius 1 is 0.943 bits per heavy atom. The minimum atomic E-state index is -4.55. The number of nitrogens with zero attached hydrogens (tertiary/aromatic N) is 1. The van der Waals surface area contributed by atoms with Gasteiger partial charge < -0.3 is 20.5 Å². The molecule has 0 aromatic heterocycles. The monoisotopic (exact) mass is 767 g/mol. The zero-order valence-electron chi connectivity index (χ0n) is 29.0. The van der Waals surface area contributed by atoms with E-state index in [1.807, 2.05) is 16.7 Å². The molecule has 0 spiro atoms. The highest BCUT2D eigenvalue weighted by Gasteiger charge is 2.42. The number of ether oxygens (including phenoxy) is 1. The topological polar surface area (TPSA) is 108 Å². The van der Waals surface area contributed by atoms with Crippen molar-refractivity contribution in [1.82, 2.24) is 15.5 Å². The summed E-state index contributed by atoms with van der Waals surface area (Å²) in [6.07, 6.45) is -4.16. The number of esters is 1. The van der Waals surface area contributed by atoms with Gasteiger partial charge in [0.2, 0.25) is 0 Å². The summed E-state index contributed by atoms with van der Waals surface area (Å²) in [6.45, 7) is 0.546. The molecule has 3 fully saturated rings. The normalized spacial score (nSPS) is 23.7. The predicted octanol–water partition coefficient (Wildman–Crippen LogP) is 8.14. The van der Waals surface area contributed by atoms with E-state index in [-0.39, 0.29) is 43.0 Å². The summed E-state index contributed by atoms with van der Waals surface area (Å²) in [5, 5.41) is 15.7. The Bertz CT molecular complexity index is 1630. The number of urea groups is 1. The molecule has 0 radical (unpaired) electrons. The molecule has 0 aliphatic carbocycles. The summed E-state index contributed by atoms with van der Waals surface area (Å²) in [5.41, 5.74) is -0.654. The lowest BCUT2D eigenvalue weighted by Crippen LogP contribution is -2.39. The number of carboxylic acid groups (broad SMARTS) is 1. The predicted molar refractivity (Wildman–Crippen MR) is 187 cm³/mol. The number of likely N-dealkylation sites (tertiary alicyclic amines) is 1. The van der Waals surface area contributed by atoms with Gasteiger partial charge in [-0.25, -0.2) is 4.79 Å². The highest BCUT2D eigenvalue weighted by Crippen LogP contribution is 2.42. The molecule has 3 aliphatic rings. The number of amides is 2. The highest BCUT2D eigenvalue weighted by atomic mass is 32.2. The van der Waals surface area contributed by atoms with Crippen molar-refractivity contribution >= 4 is 29.7 Å². The number of rotatable bonds is 14. The first-order valence-electron chi connectivity index (χ1n) is 17.8. The van der Waals surface area contributed by atoms with E-state index in [1.54, 1.807) is 0 Å². The van der Waals surface area contributed by atoms with Crippen LogP contribution in [0.25, 0.3) is 0 Å². The number of nitrogens with one attached hydrogen (secondary N) is 2. The van der Waals surface area contributed by atoms with Gasteiger partial charge in [-0.3, -0.25) is 14.5 Å². The van der Waals surface area contributed by atoms with Gasteiger partial charge in [0.1, 0.15) is 0 Å². The number of piperidine rings is 1. The largest absolute Gasteiger partial charge is 0.481 e. The Hall–Kier alpha value is -3.90. The van der Waals surface area contributed by atoms with Gasteiger partial charge in [0.25, 0.3) is 0 Å². The molecule has 2 aromatic rings. The lowest BCUT2D eigenvalue weighted by Gasteiger charge is -2.42. The quantitative estimate of drug-likeness (QED) is 0.0586. The molecule has 53 heavy (non-hydrogen) atoms. The number of carboxylic acids is 1. The van der Waals surface area contributed by atoms with Gasteiger partial charge in [-0.15, -0.1) is 5.92 Å². The van der Waals surface area contributed by atoms with E-state index in [9.17, 15) is 45.8 Å². The van der Waals surface area contributed by atoms with Gasteiger partial charge in [0.05, 0.1) is 35.9 Å². The van der Waals surface area contributed by atoms with Crippen LogP contribution in [0, 0.1) is 17.8 Å². The first-order chi connectivity index (χ1) is 25.2. The van der Waals surface area contributed by atoms with E-state index in [4.69, 9.17) is 4.74 Å². The summed E-state index contributed by atoms with van der Waals surface area (Å²) in [7, 11) is 0. The van der Waals surface area contributed by atoms with Gasteiger partial charge in [0.15, 0.2) is 0 Å². The fraction of sp³-hybridized carbons (Fsp3) is 0.553. The zero-order valence-corrected chi connectivity index (χ0v) is 29.8. The van der Waals surface area contributed by atoms with Gasteiger partial charge in [-0.05, 0) is 79.8 Å². The number of halogens is 6. The van der Waals surface area contributed by atoms with Crippen LogP contribution < -0.4 is 10.6 Å². The van der Waals surface area contributed by atoms with Crippen molar-refractivity contribution in [2.75, 3.05) is 18.9 Å². The molecule has 3 heterocycles. The molecule has 3 saturated heterocycles. The Labute approximate surface area is 308 Å². The van der Waals surface area contributed by atoms with Crippen LogP contribution in [-0.4, -0.2) is 64.2 Å². The molecule has 3 aliphatic heterocycles. The number of fused-ring (bicyclic) bond motifs is 1. The van der Waals surface area contributed by atoms with E-state index in [0.29, 0.717) is 67.9 Å². The van der Waals surface area contributed by atoms with E-state index < -0.39 is 41.5 Å². The van der Waals surface area contributed by atoms with Crippen molar-refractivity contribution in [1.29, 1.82) is 0 Å². The number of alkyl halides is 6. The number of aliphatic carboxylic acids is 1. The van der Waals surface area contributed by atoms with E-state index in [0.717, 1.165) is 42.9 Å². The number of thioether (sulfide) groups is 1. The van der Waals surface area contributed by atoms with Crippen LogP contribution in [0.5, 0.6) is 0 Å². The molecule has 8 nitrogen and oxygen atoms in total. The molecule has 0 bridgehead atoms. The molecule has 2 aromatic carbocycles. The molecule has 6 atom stereocenters. The summed E-state index contributed by atoms with van der Waals surface area (Å²) < 4.78 is 85.6. The molecular formula is C38H43F6N3O5S. The fourth-order valence-corrected chi connectivity index (χ4v) is 8.78. The Kier molecular flexibility index (Phi) is 13.6. The molecule has 3 unspecified atom stereocenters. The lowest BCUT2D eigenvalue weighted by atomic mass is 9.83. The number of hydrogen-bond donors (Lipinski definition) is 3. The smallest absolute Gasteiger partial charge is 0.416 e. The number of carbonyl (C=O) groups is 3. The van der Waals surface area contributed by atoms with Crippen LogP contribution in [0.1, 0.15) is 98.5 Å². The SMILES string of the molecule is O=C(O)CC1CCN(C(C#CCCCCOC(=O)CCCC[C@@H]2SC[C@@H]3NC(=O)N[C@@H]32)c2ccc(C(F)(F)F)cc2)C(c2ccc(C(F)(F)F)cc2)C1. The van der Waals surface area contributed by atoms with Crippen LogP contribution in [-0.2, 0) is 26.7 Å². The maximum absolute atomic E-state index is 13.4. The molecule has 288 valence electrons. The van der Waals surface area contributed by atoms with Crippen molar-refractivity contribution in [3.05, 3.63) is 70.8 Å². The number of carbonyl (C=O) groups excluding carboxylic acids is 2. The first-order valence-corrected chi connectivity index (χ1v) is 18.9. The second kappa shape index (κ2) is 18.0. The van der Waals surface area contributed by atoms with Crippen LogP contribution in [0.3, 0.4) is 0 Å². The highest BCUT2D eigenvalue weighted by molar-refractivity contribution is 8.00. The summed E-state index contributed by atoms with van der Waals surface area (Å²) >= 11 is 1.83. The molecule has 5 rings (SSSR count). The molecule has 0 saturated carbocycles. The third kappa shape index (κ3) is 11.3. The Morgan fingerprint density at radius 2 is 1.62 bits per heavy atom. The second-order valence-corrected chi connectivity index (χ2v) is 15.0. The lowest BCUT2D eigenvalue weighted by molar-refractivity contribution is -0.144. The van der Waals surface area contributed by atoms with Crippen molar-refractivity contribution in [2.24, 2.45) is 5.92 Å². The van der Waals surface area contributed by atoms with Gasteiger partial charge >= 0.3 is 30.3 Å². The number of unbranched alkanes of at least 4 members (excludes halogenated alkanes) is 3.